The first-order chi connectivity index (χ1) is 7.61. The standard InChI is InChI=1S/C12H14N2OS/c1-7-5-11(15-3)8(2)4-9(7)10-6-13-12(16)14-10/h4-6H,1-3H3,(H2,13,14,16). The summed E-state index contributed by atoms with van der Waals surface area (Å²) in [5.41, 5.74) is 4.43. The van der Waals surface area contributed by atoms with Crippen molar-refractivity contribution in [3.8, 4) is 17.0 Å². The summed E-state index contributed by atoms with van der Waals surface area (Å²) in [6.07, 6.45) is 1.89. The molecule has 0 saturated heterocycles. The highest BCUT2D eigenvalue weighted by molar-refractivity contribution is 7.71. The number of hydrogen-bond donors (Lipinski definition) is 2. The Balaban J connectivity index is 2.58. The van der Waals surface area contributed by atoms with E-state index in [2.05, 4.69) is 23.0 Å². The van der Waals surface area contributed by atoms with E-state index in [1.807, 2.05) is 19.2 Å². The second kappa shape index (κ2) is 4.14. The van der Waals surface area contributed by atoms with Gasteiger partial charge in [-0.25, -0.2) is 0 Å². The van der Waals surface area contributed by atoms with Crippen LogP contribution in [0.25, 0.3) is 11.3 Å². The predicted molar refractivity (Wildman–Crippen MR) is 67.4 cm³/mol. The minimum Gasteiger partial charge on any atom is -0.496 e. The lowest BCUT2D eigenvalue weighted by atomic mass is 10.0. The summed E-state index contributed by atoms with van der Waals surface area (Å²) in [6, 6.07) is 4.14. The van der Waals surface area contributed by atoms with Crippen molar-refractivity contribution in [2.75, 3.05) is 7.11 Å². The zero-order valence-corrected chi connectivity index (χ0v) is 10.4. The molecule has 1 aromatic carbocycles. The van der Waals surface area contributed by atoms with E-state index in [0.717, 1.165) is 28.1 Å². The van der Waals surface area contributed by atoms with Gasteiger partial charge in [0.25, 0.3) is 0 Å². The smallest absolute Gasteiger partial charge is 0.174 e. The molecule has 3 nitrogen and oxygen atoms in total. The van der Waals surface area contributed by atoms with Gasteiger partial charge in [-0.2, -0.15) is 0 Å². The minimum atomic E-state index is 0.642. The van der Waals surface area contributed by atoms with E-state index in [9.17, 15) is 0 Å². The van der Waals surface area contributed by atoms with E-state index >= 15 is 0 Å². The Morgan fingerprint density at radius 3 is 2.50 bits per heavy atom. The average molecular weight is 234 g/mol. The summed E-state index contributed by atoms with van der Waals surface area (Å²) >= 11 is 5.02. The number of aryl methyl sites for hydroxylation is 2. The third-order valence-electron chi connectivity index (χ3n) is 2.63. The van der Waals surface area contributed by atoms with Gasteiger partial charge in [-0.05, 0) is 49.3 Å². The van der Waals surface area contributed by atoms with Gasteiger partial charge in [-0.3, -0.25) is 0 Å². The molecule has 2 rings (SSSR count). The fourth-order valence-electron chi connectivity index (χ4n) is 1.78. The van der Waals surface area contributed by atoms with Gasteiger partial charge in [0.15, 0.2) is 4.77 Å². The highest BCUT2D eigenvalue weighted by Crippen LogP contribution is 2.28. The second-order valence-corrected chi connectivity index (χ2v) is 4.20. The molecule has 0 atom stereocenters. The Morgan fingerprint density at radius 2 is 1.94 bits per heavy atom. The molecule has 0 fully saturated rings. The summed E-state index contributed by atoms with van der Waals surface area (Å²) in [5, 5.41) is 0. The van der Waals surface area contributed by atoms with Crippen molar-refractivity contribution < 1.29 is 4.74 Å². The van der Waals surface area contributed by atoms with Crippen LogP contribution in [0.1, 0.15) is 11.1 Å². The molecule has 16 heavy (non-hydrogen) atoms. The normalized spacial score (nSPS) is 10.4. The molecule has 0 aliphatic carbocycles. The number of aromatic nitrogens is 2. The molecule has 0 radical (unpaired) electrons. The number of benzene rings is 1. The van der Waals surface area contributed by atoms with Gasteiger partial charge in [0.2, 0.25) is 0 Å². The van der Waals surface area contributed by atoms with E-state index in [0.29, 0.717) is 4.77 Å². The van der Waals surface area contributed by atoms with Crippen LogP contribution in [0.3, 0.4) is 0 Å². The number of ether oxygens (including phenoxy) is 1. The number of aromatic amines is 2. The third kappa shape index (κ3) is 1.88. The molecule has 2 N–H and O–H groups in total. The summed E-state index contributed by atoms with van der Waals surface area (Å²) < 4.78 is 5.92. The Kier molecular flexibility index (Phi) is 2.83. The maximum absolute atomic E-state index is 5.28. The van der Waals surface area contributed by atoms with Crippen molar-refractivity contribution in [2.24, 2.45) is 0 Å². The number of hydrogen-bond acceptors (Lipinski definition) is 2. The van der Waals surface area contributed by atoms with E-state index in [-0.39, 0.29) is 0 Å². The van der Waals surface area contributed by atoms with Gasteiger partial charge >= 0.3 is 0 Å². The highest BCUT2D eigenvalue weighted by Gasteiger charge is 2.07. The molecular formula is C12H14N2OS. The first-order valence-electron chi connectivity index (χ1n) is 5.05. The Morgan fingerprint density at radius 1 is 1.19 bits per heavy atom. The topological polar surface area (TPSA) is 40.8 Å². The summed E-state index contributed by atoms with van der Waals surface area (Å²) in [5.74, 6) is 0.912. The summed E-state index contributed by atoms with van der Waals surface area (Å²) in [6.45, 7) is 4.09. The molecule has 84 valence electrons. The van der Waals surface area contributed by atoms with Crippen molar-refractivity contribution in [3.63, 3.8) is 0 Å². The van der Waals surface area contributed by atoms with Crippen LogP contribution in [0.15, 0.2) is 18.3 Å². The first kappa shape index (κ1) is 11.0. The van der Waals surface area contributed by atoms with Crippen LogP contribution < -0.4 is 4.74 Å². The van der Waals surface area contributed by atoms with Crippen LogP contribution in [0.4, 0.5) is 0 Å². The van der Waals surface area contributed by atoms with Crippen LogP contribution in [0.5, 0.6) is 5.75 Å². The molecular weight excluding hydrogens is 220 g/mol. The van der Waals surface area contributed by atoms with Gasteiger partial charge in [0.05, 0.1) is 12.8 Å². The molecule has 0 amide bonds. The Bertz CT molecular complexity index is 569. The van der Waals surface area contributed by atoms with E-state index < -0.39 is 0 Å². The largest absolute Gasteiger partial charge is 0.496 e. The van der Waals surface area contributed by atoms with Gasteiger partial charge < -0.3 is 14.7 Å². The second-order valence-electron chi connectivity index (χ2n) is 3.79. The zero-order chi connectivity index (χ0) is 11.7. The highest BCUT2D eigenvalue weighted by atomic mass is 32.1. The van der Waals surface area contributed by atoms with Crippen molar-refractivity contribution in [2.45, 2.75) is 13.8 Å². The Labute approximate surface area is 99.5 Å². The maximum atomic E-state index is 5.28. The molecule has 1 aromatic heterocycles. The van der Waals surface area contributed by atoms with Crippen molar-refractivity contribution in [3.05, 3.63) is 34.2 Å². The lowest BCUT2D eigenvalue weighted by Crippen LogP contribution is -1.91. The molecule has 0 aliphatic rings. The molecule has 0 bridgehead atoms. The summed E-state index contributed by atoms with van der Waals surface area (Å²) in [7, 11) is 1.69. The predicted octanol–water partition coefficient (Wildman–Crippen LogP) is 3.36. The van der Waals surface area contributed by atoms with E-state index in [1.54, 1.807) is 7.11 Å². The zero-order valence-electron chi connectivity index (χ0n) is 9.55. The van der Waals surface area contributed by atoms with E-state index in [4.69, 9.17) is 17.0 Å². The lowest BCUT2D eigenvalue weighted by molar-refractivity contribution is 0.411. The molecule has 4 heteroatoms. The molecule has 2 aromatic rings. The number of rotatable bonds is 2. The Hall–Kier alpha value is -1.55. The lowest BCUT2D eigenvalue weighted by Gasteiger charge is -2.09. The molecule has 0 saturated carbocycles. The number of H-pyrrole nitrogens is 2. The molecule has 1 heterocycles. The van der Waals surface area contributed by atoms with Crippen LogP contribution in [0, 0.1) is 18.6 Å². The van der Waals surface area contributed by atoms with Crippen molar-refractivity contribution >= 4 is 12.2 Å². The number of imidazole rings is 1. The van der Waals surface area contributed by atoms with Crippen LogP contribution >= 0.6 is 12.2 Å². The van der Waals surface area contributed by atoms with Crippen LogP contribution in [-0.4, -0.2) is 17.1 Å². The van der Waals surface area contributed by atoms with Gasteiger partial charge in [-0.15, -0.1) is 0 Å². The van der Waals surface area contributed by atoms with Crippen LogP contribution in [-0.2, 0) is 0 Å². The summed E-state index contributed by atoms with van der Waals surface area (Å²) in [4.78, 5) is 6.09. The van der Waals surface area contributed by atoms with Crippen LogP contribution in [0.2, 0.25) is 0 Å². The number of methoxy groups -OCH3 is 1. The van der Waals surface area contributed by atoms with Gasteiger partial charge in [0.1, 0.15) is 5.75 Å². The third-order valence-corrected chi connectivity index (χ3v) is 2.85. The quantitative estimate of drug-likeness (QED) is 0.782. The monoisotopic (exact) mass is 234 g/mol. The molecule has 0 spiro atoms. The molecule has 0 unspecified atom stereocenters. The van der Waals surface area contributed by atoms with E-state index in [1.165, 1.54) is 0 Å². The van der Waals surface area contributed by atoms with Gasteiger partial charge in [0, 0.05) is 11.8 Å². The van der Waals surface area contributed by atoms with Crippen molar-refractivity contribution in [1.82, 2.24) is 9.97 Å². The maximum Gasteiger partial charge on any atom is 0.174 e. The minimum absolute atomic E-state index is 0.642. The average Bonchev–Trinajstić information content (AvgIpc) is 2.67. The SMILES string of the molecule is COc1cc(C)c(-c2c[nH]c(=S)[nH]2)cc1C. The first-order valence-corrected chi connectivity index (χ1v) is 5.46. The molecule has 0 aliphatic heterocycles. The van der Waals surface area contributed by atoms with Gasteiger partial charge in [-0.1, -0.05) is 0 Å². The fraction of sp³-hybridized carbons (Fsp3) is 0.250. The fourth-order valence-corrected chi connectivity index (χ4v) is 1.95. The number of nitrogens with one attached hydrogen (secondary N) is 2. The van der Waals surface area contributed by atoms with Crippen molar-refractivity contribution in [1.29, 1.82) is 0 Å².